The first kappa shape index (κ1) is 17.9. The van der Waals surface area contributed by atoms with Crippen LogP contribution >= 0.6 is 0 Å². The molecule has 0 aliphatic heterocycles. The predicted octanol–water partition coefficient (Wildman–Crippen LogP) is 2.82. The molecular formula is C16H18N2O5S. The average Bonchev–Trinajstić information content (AvgIpc) is 2.54. The maximum atomic E-state index is 12.6. The Morgan fingerprint density at radius 1 is 1.12 bits per heavy atom. The van der Waals surface area contributed by atoms with Crippen LogP contribution in [0.2, 0.25) is 0 Å². The highest BCUT2D eigenvalue weighted by Crippen LogP contribution is 2.30. The molecule has 0 bridgehead atoms. The highest BCUT2D eigenvalue weighted by Gasteiger charge is 2.29. The van der Waals surface area contributed by atoms with Gasteiger partial charge in [-0.1, -0.05) is 30.3 Å². The molecule has 0 spiro atoms. The third-order valence-electron chi connectivity index (χ3n) is 3.54. The van der Waals surface area contributed by atoms with Crippen LogP contribution in [-0.2, 0) is 15.6 Å². The van der Waals surface area contributed by atoms with Crippen molar-refractivity contribution in [3.63, 3.8) is 0 Å². The standard InChI is InChI=1S/C16H18N2O5S/c1-16(2,12-7-5-4-6-8-12)17-24(21,22)13-9-10-15(23-3)14(11-13)18(19)20/h4-11,17H,1-3H3. The van der Waals surface area contributed by atoms with Gasteiger partial charge in [0.2, 0.25) is 10.0 Å². The van der Waals surface area contributed by atoms with Gasteiger partial charge < -0.3 is 4.74 Å². The fraction of sp³-hybridized carbons (Fsp3) is 0.250. The SMILES string of the molecule is COc1ccc(S(=O)(=O)NC(C)(C)c2ccccc2)cc1[N+](=O)[O-]. The zero-order valence-corrected chi connectivity index (χ0v) is 14.3. The van der Waals surface area contributed by atoms with Gasteiger partial charge in [0.25, 0.3) is 0 Å². The lowest BCUT2D eigenvalue weighted by Gasteiger charge is -2.26. The van der Waals surface area contributed by atoms with Crippen molar-refractivity contribution in [3.8, 4) is 5.75 Å². The van der Waals surface area contributed by atoms with Crippen molar-refractivity contribution in [2.24, 2.45) is 0 Å². The molecule has 7 nitrogen and oxygen atoms in total. The normalized spacial score (nSPS) is 12.0. The third-order valence-corrected chi connectivity index (χ3v) is 5.20. The Morgan fingerprint density at radius 2 is 1.75 bits per heavy atom. The fourth-order valence-electron chi connectivity index (χ4n) is 2.29. The van der Waals surface area contributed by atoms with Crippen LogP contribution in [0.25, 0.3) is 0 Å². The molecule has 0 heterocycles. The average molecular weight is 350 g/mol. The van der Waals surface area contributed by atoms with Crippen LogP contribution in [0.1, 0.15) is 19.4 Å². The number of hydrogen-bond donors (Lipinski definition) is 1. The van der Waals surface area contributed by atoms with Crippen molar-refractivity contribution in [2.45, 2.75) is 24.3 Å². The lowest BCUT2D eigenvalue weighted by Crippen LogP contribution is -2.40. The second kappa shape index (κ2) is 6.58. The number of nitro benzene ring substituents is 1. The van der Waals surface area contributed by atoms with Crippen LogP contribution in [0.15, 0.2) is 53.4 Å². The smallest absolute Gasteiger partial charge is 0.312 e. The lowest BCUT2D eigenvalue weighted by atomic mass is 9.96. The Kier molecular flexibility index (Phi) is 4.91. The van der Waals surface area contributed by atoms with Gasteiger partial charge in [-0.05, 0) is 31.5 Å². The van der Waals surface area contributed by atoms with Crippen LogP contribution in [0.5, 0.6) is 5.75 Å². The van der Waals surface area contributed by atoms with Gasteiger partial charge in [-0.3, -0.25) is 10.1 Å². The molecule has 128 valence electrons. The van der Waals surface area contributed by atoms with Crippen LogP contribution in [0.4, 0.5) is 5.69 Å². The summed E-state index contributed by atoms with van der Waals surface area (Å²) in [5.41, 5.74) is -0.510. The summed E-state index contributed by atoms with van der Waals surface area (Å²) in [6.07, 6.45) is 0. The van der Waals surface area contributed by atoms with Crippen LogP contribution in [-0.4, -0.2) is 20.5 Å². The molecule has 0 radical (unpaired) electrons. The predicted molar refractivity (Wildman–Crippen MR) is 89.4 cm³/mol. The molecule has 8 heteroatoms. The van der Waals surface area contributed by atoms with E-state index < -0.39 is 26.2 Å². The molecule has 0 unspecified atom stereocenters. The van der Waals surface area contributed by atoms with E-state index in [1.54, 1.807) is 26.0 Å². The number of benzene rings is 2. The minimum atomic E-state index is -3.96. The van der Waals surface area contributed by atoms with E-state index in [-0.39, 0.29) is 10.6 Å². The molecule has 0 aliphatic rings. The molecule has 0 amide bonds. The summed E-state index contributed by atoms with van der Waals surface area (Å²) in [6.45, 7) is 3.44. The van der Waals surface area contributed by atoms with E-state index in [9.17, 15) is 18.5 Å². The quantitative estimate of drug-likeness (QED) is 0.638. The molecule has 0 atom stereocenters. The van der Waals surface area contributed by atoms with E-state index >= 15 is 0 Å². The number of nitro groups is 1. The van der Waals surface area contributed by atoms with Crippen LogP contribution < -0.4 is 9.46 Å². The van der Waals surface area contributed by atoms with Gasteiger partial charge in [0.05, 0.1) is 22.5 Å². The molecule has 0 saturated carbocycles. The summed E-state index contributed by atoms with van der Waals surface area (Å²) in [5.74, 6) is 0.00118. The molecule has 2 aromatic carbocycles. The Bertz CT molecular complexity index is 848. The minimum Gasteiger partial charge on any atom is -0.490 e. The maximum absolute atomic E-state index is 12.6. The largest absolute Gasteiger partial charge is 0.490 e. The van der Waals surface area contributed by atoms with Gasteiger partial charge in [0, 0.05) is 6.07 Å². The molecule has 0 aliphatic carbocycles. The second-order valence-electron chi connectivity index (χ2n) is 5.69. The van der Waals surface area contributed by atoms with E-state index in [1.807, 2.05) is 18.2 Å². The van der Waals surface area contributed by atoms with Crippen molar-refractivity contribution < 1.29 is 18.1 Å². The summed E-state index contributed by atoms with van der Waals surface area (Å²) in [6, 6.07) is 12.6. The number of ether oxygens (including phenoxy) is 1. The van der Waals surface area contributed by atoms with Crippen molar-refractivity contribution in [1.82, 2.24) is 4.72 Å². The van der Waals surface area contributed by atoms with Gasteiger partial charge in [0.1, 0.15) is 0 Å². The molecule has 24 heavy (non-hydrogen) atoms. The second-order valence-corrected chi connectivity index (χ2v) is 7.37. The van der Waals surface area contributed by atoms with E-state index in [1.165, 1.54) is 19.2 Å². The van der Waals surface area contributed by atoms with E-state index in [4.69, 9.17) is 4.74 Å². The molecule has 2 aromatic rings. The minimum absolute atomic E-state index is 0.00118. The molecule has 2 rings (SSSR count). The Labute approximate surface area is 140 Å². The van der Waals surface area contributed by atoms with Crippen molar-refractivity contribution in [3.05, 3.63) is 64.2 Å². The molecule has 0 aromatic heterocycles. The van der Waals surface area contributed by atoms with E-state index in [0.29, 0.717) is 0 Å². The summed E-state index contributed by atoms with van der Waals surface area (Å²) in [7, 11) is -2.67. The first-order valence-electron chi connectivity index (χ1n) is 7.09. The van der Waals surface area contributed by atoms with Gasteiger partial charge >= 0.3 is 5.69 Å². The van der Waals surface area contributed by atoms with Gasteiger partial charge in [0.15, 0.2) is 5.75 Å². The molecule has 1 N–H and O–H groups in total. The number of sulfonamides is 1. The van der Waals surface area contributed by atoms with Gasteiger partial charge in [-0.25, -0.2) is 13.1 Å². The summed E-state index contributed by atoms with van der Waals surface area (Å²) < 4.78 is 32.7. The van der Waals surface area contributed by atoms with Gasteiger partial charge in [-0.15, -0.1) is 0 Å². The topological polar surface area (TPSA) is 98.5 Å². The molecule has 0 saturated heterocycles. The van der Waals surface area contributed by atoms with E-state index in [0.717, 1.165) is 11.6 Å². The summed E-state index contributed by atoms with van der Waals surface area (Å²) >= 11 is 0. The first-order valence-corrected chi connectivity index (χ1v) is 8.57. The van der Waals surface area contributed by atoms with Crippen LogP contribution in [0, 0.1) is 10.1 Å². The highest BCUT2D eigenvalue weighted by atomic mass is 32.2. The maximum Gasteiger partial charge on any atom is 0.312 e. The molecular weight excluding hydrogens is 332 g/mol. The zero-order valence-electron chi connectivity index (χ0n) is 13.5. The number of hydrogen-bond acceptors (Lipinski definition) is 5. The lowest BCUT2D eigenvalue weighted by molar-refractivity contribution is -0.386. The van der Waals surface area contributed by atoms with Crippen LogP contribution in [0.3, 0.4) is 0 Å². The monoisotopic (exact) mass is 350 g/mol. The Balaban J connectivity index is 2.41. The number of rotatable bonds is 6. The third kappa shape index (κ3) is 3.72. The molecule has 0 fully saturated rings. The fourth-order valence-corrected chi connectivity index (χ4v) is 3.71. The summed E-state index contributed by atoms with van der Waals surface area (Å²) in [5, 5.41) is 11.1. The van der Waals surface area contributed by atoms with E-state index in [2.05, 4.69) is 4.72 Å². The summed E-state index contributed by atoms with van der Waals surface area (Å²) in [4.78, 5) is 10.2. The number of methoxy groups -OCH3 is 1. The van der Waals surface area contributed by atoms with Crippen molar-refractivity contribution in [1.29, 1.82) is 0 Å². The van der Waals surface area contributed by atoms with Crippen molar-refractivity contribution in [2.75, 3.05) is 7.11 Å². The Hall–Kier alpha value is -2.45. The zero-order chi connectivity index (χ0) is 18.0. The number of nitrogens with zero attached hydrogens (tertiary/aromatic N) is 1. The Morgan fingerprint density at radius 3 is 2.29 bits per heavy atom. The number of nitrogens with one attached hydrogen (secondary N) is 1. The highest BCUT2D eigenvalue weighted by molar-refractivity contribution is 7.89. The van der Waals surface area contributed by atoms with Crippen molar-refractivity contribution >= 4 is 15.7 Å². The van der Waals surface area contributed by atoms with Gasteiger partial charge in [-0.2, -0.15) is 0 Å². The first-order chi connectivity index (χ1) is 11.2.